The number of amides is 1. The van der Waals surface area contributed by atoms with E-state index in [2.05, 4.69) is 12.2 Å². The Hall–Kier alpha value is -2.84. The second-order valence-corrected chi connectivity index (χ2v) is 6.92. The number of unbranched alkanes of at least 4 members (excludes halogenated alkanes) is 1. The van der Waals surface area contributed by atoms with Gasteiger partial charge in [0.05, 0.1) is 12.7 Å². The molecule has 5 nitrogen and oxygen atoms in total. The highest BCUT2D eigenvalue weighted by molar-refractivity contribution is 6.04. The zero-order valence-corrected chi connectivity index (χ0v) is 16.2. The van der Waals surface area contributed by atoms with Gasteiger partial charge in [-0.1, -0.05) is 43.7 Å². The number of ether oxygens (including phenoxy) is 2. The first-order valence-corrected chi connectivity index (χ1v) is 9.89. The van der Waals surface area contributed by atoms with Crippen molar-refractivity contribution >= 4 is 22.8 Å². The molecule has 1 atom stereocenters. The quantitative estimate of drug-likeness (QED) is 0.424. The van der Waals surface area contributed by atoms with Crippen LogP contribution in [0.4, 0.5) is 0 Å². The lowest BCUT2D eigenvalue weighted by atomic mass is 10.0. The van der Waals surface area contributed by atoms with Crippen LogP contribution in [0.1, 0.15) is 38.2 Å². The number of nitrogens with one attached hydrogen (secondary N) is 1. The number of hydrogen-bond donors (Lipinski definition) is 1. The van der Waals surface area contributed by atoms with Crippen LogP contribution < -0.4 is 10.1 Å². The van der Waals surface area contributed by atoms with Crippen LogP contribution in [0, 0.1) is 11.3 Å². The molecule has 28 heavy (non-hydrogen) atoms. The Morgan fingerprint density at radius 3 is 2.86 bits per heavy atom. The fraction of sp³-hybridized carbons (Fsp3) is 0.391. The van der Waals surface area contributed by atoms with Crippen LogP contribution in [0.5, 0.6) is 5.75 Å². The van der Waals surface area contributed by atoms with Gasteiger partial charge >= 0.3 is 0 Å². The minimum atomic E-state index is -0.370. The third-order valence-electron chi connectivity index (χ3n) is 4.85. The Kier molecular flexibility index (Phi) is 7.05. The van der Waals surface area contributed by atoms with E-state index in [-0.39, 0.29) is 17.6 Å². The van der Waals surface area contributed by atoms with Gasteiger partial charge in [-0.2, -0.15) is 5.26 Å². The molecule has 2 aromatic carbocycles. The summed E-state index contributed by atoms with van der Waals surface area (Å²) in [6.45, 7) is 3.97. The molecule has 1 aliphatic rings. The van der Waals surface area contributed by atoms with Gasteiger partial charge in [-0.25, -0.2) is 0 Å². The first-order chi connectivity index (χ1) is 13.7. The molecule has 0 saturated carbocycles. The van der Waals surface area contributed by atoms with E-state index in [1.165, 1.54) is 0 Å². The maximum Gasteiger partial charge on any atom is 0.262 e. The second-order valence-electron chi connectivity index (χ2n) is 6.92. The number of rotatable bonds is 8. The monoisotopic (exact) mass is 378 g/mol. The standard InChI is InChI=1S/C23H26N2O3/c1-2-3-12-28-22-11-10-17(20-8-4-5-9-21(20)22)14-18(15-24)23(26)25-16-19-7-6-13-27-19/h4-5,8-11,14,19H,2-3,6-7,12-13,16H2,1H3,(H,25,26)/b18-14+/t19-/m0/s1. The molecule has 2 aromatic rings. The minimum absolute atomic E-state index is 0.0456. The number of carbonyl (C=O) groups excluding carboxylic acids is 1. The van der Waals surface area contributed by atoms with Crippen molar-refractivity contribution < 1.29 is 14.3 Å². The molecular weight excluding hydrogens is 352 g/mol. The van der Waals surface area contributed by atoms with E-state index in [0.717, 1.165) is 54.4 Å². The Labute approximate surface area is 165 Å². The largest absolute Gasteiger partial charge is 0.493 e. The molecule has 1 fully saturated rings. The number of nitrogens with zero attached hydrogens (tertiary/aromatic N) is 1. The van der Waals surface area contributed by atoms with Crippen LogP contribution in [0.2, 0.25) is 0 Å². The first kappa shape index (κ1) is 19.9. The molecule has 1 heterocycles. The van der Waals surface area contributed by atoms with Crippen molar-refractivity contribution in [3.8, 4) is 11.8 Å². The molecule has 3 rings (SSSR count). The minimum Gasteiger partial charge on any atom is -0.493 e. The Balaban J connectivity index is 1.81. The van der Waals surface area contributed by atoms with Crippen molar-refractivity contribution in [2.45, 2.75) is 38.7 Å². The van der Waals surface area contributed by atoms with E-state index in [4.69, 9.17) is 9.47 Å². The van der Waals surface area contributed by atoms with E-state index in [1.807, 2.05) is 42.5 Å². The summed E-state index contributed by atoms with van der Waals surface area (Å²) in [7, 11) is 0. The van der Waals surface area contributed by atoms with Crippen molar-refractivity contribution in [2.75, 3.05) is 19.8 Å². The van der Waals surface area contributed by atoms with Crippen molar-refractivity contribution in [3.63, 3.8) is 0 Å². The van der Waals surface area contributed by atoms with E-state index in [1.54, 1.807) is 6.08 Å². The molecule has 1 saturated heterocycles. The molecular formula is C23H26N2O3. The molecule has 146 valence electrons. The van der Waals surface area contributed by atoms with Gasteiger partial charge in [0.2, 0.25) is 0 Å². The third kappa shape index (κ3) is 4.90. The number of nitriles is 1. The fourth-order valence-corrected chi connectivity index (χ4v) is 3.28. The van der Waals surface area contributed by atoms with Crippen LogP contribution in [0.15, 0.2) is 42.0 Å². The average Bonchev–Trinajstić information content (AvgIpc) is 3.25. The van der Waals surface area contributed by atoms with Crippen LogP contribution in [-0.4, -0.2) is 31.8 Å². The van der Waals surface area contributed by atoms with E-state index in [9.17, 15) is 10.1 Å². The smallest absolute Gasteiger partial charge is 0.262 e. The molecule has 0 spiro atoms. The summed E-state index contributed by atoms with van der Waals surface area (Å²) >= 11 is 0. The van der Waals surface area contributed by atoms with Gasteiger partial charge in [0.15, 0.2) is 0 Å². The van der Waals surface area contributed by atoms with E-state index >= 15 is 0 Å². The van der Waals surface area contributed by atoms with Gasteiger partial charge in [0.25, 0.3) is 5.91 Å². The maximum atomic E-state index is 12.4. The molecule has 0 unspecified atom stereocenters. The van der Waals surface area contributed by atoms with Crippen molar-refractivity contribution in [3.05, 3.63) is 47.5 Å². The second kappa shape index (κ2) is 9.91. The van der Waals surface area contributed by atoms with Crippen molar-refractivity contribution in [1.82, 2.24) is 5.32 Å². The lowest BCUT2D eigenvalue weighted by Gasteiger charge is -2.12. The molecule has 1 amide bonds. The van der Waals surface area contributed by atoms with Crippen LogP contribution in [0.3, 0.4) is 0 Å². The van der Waals surface area contributed by atoms with Gasteiger partial charge < -0.3 is 14.8 Å². The van der Waals surface area contributed by atoms with Gasteiger partial charge in [0.1, 0.15) is 17.4 Å². The zero-order valence-electron chi connectivity index (χ0n) is 16.2. The van der Waals surface area contributed by atoms with Crippen molar-refractivity contribution in [1.29, 1.82) is 5.26 Å². The summed E-state index contributed by atoms with van der Waals surface area (Å²) in [5.74, 6) is 0.452. The molecule has 0 aromatic heterocycles. The lowest BCUT2D eigenvalue weighted by Crippen LogP contribution is -2.32. The molecule has 0 radical (unpaired) electrons. The Morgan fingerprint density at radius 2 is 2.14 bits per heavy atom. The van der Waals surface area contributed by atoms with Crippen LogP contribution in [-0.2, 0) is 9.53 Å². The maximum absolute atomic E-state index is 12.4. The van der Waals surface area contributed by atoms with Gasteiger partial charge in [-0.15, -0.1) is 0 Å². The molecule has 5 heteroatoms. The number of hydrogen-bond acceptors (Lipinski definition) is 4. The highest BCUT2D eigenvalue weighted by atomic mass is 16.5. The SMILES string of the molecule is CCCCOc1ccc(/C=C(\C#N)C(=O)NC[C@@H]2CCCO2)c2ccccc12. The lowest BCUT2D eigenvalue weighted by molar-refractivity contribution is -0.117. The van der Waals surface area contributed by atoms with Gasteiger partial charge in [-0.3, -0.25) is 4.79 Å². The van der Waals surface area contributed by atoms with Gasteiger partial charge in [-0.05, 0) is 42.4 Å². The van der Waals surface area contributed by atoms with E-state index in [0.29, 0.717) is 13.2 Å². The third-order valence-corrected chi connectivity index (χ3v) is 4.85. The highest BCUT2D eigenvalue weighted by Crippen LogP contribution is 2.30. The first-order valence-electron chi connectivity index (χ1n) is 9.89. The summed E-state index contributed by atoms with van der Waals surface area (Å²) < 4.78 is 11.4. The number of benzene rings is 2. The zero-order chi connectivity index (χ0) is 19.8. The number of carbonyl (C=O) groups is 1. The Morgan fingerprint density at radius 1 is 1.32 bits per heavy atom. The van der Waals surface area contributed by atoms with Crippen LogP contribution >= 0.6 is 0 Å². The Bertz CT molecular complexity index is 892. The number of fused-ring (bicyclic) bond motifs is 1. The van der Waals surface area contributed by atoms with Crippen molar-refractivity contribution in [2.24, 2.45) is 0 Å². The predicted molar refractivity (Wildman–Crippen MR) is 110 cm³/mol. The summed E-state index contributed by atoms with van der Waals surface area (Å²) in [5.41, 5.74) is 0.907. The molecule has 0 aliphatic carbocycles. The summed E-state index contributed by atoms with van der Waals surface area (Å²) in [4.78, 5) is 12.4. The molecule has 1 N–H and O–H groups in total. The normalized spacial score (nSPS) is 16.7. The topological polar surface area (TPSA) is 71.3 Å². The van der Waals surface area contributed by atoms with Gasteiger partial charge in [0, 0.05) is 18.5 Å². The van der Waals surface area contributed by atoms with Crippen LogP contribution in [0.25, 0.3) is 16.8 Å². The highest BCUT2D eigenvalue weighted by Gasteiger charge is 2.18. The van der Waals surface area contributed by atoms with E-state index < -0.39 is 0 Å². The molecule has 1 aliphatic heterocycles. The molecule has 0 bridgehead atoms. The summed E-state index contributed by atoms with van der Waals surface area (Å²) in [6.07, 6.45) is 5.72. The fourth-order valence-electron chi connectivity index (χ4n) is 3.28. The average molecular weight is 378 g/mol. The predicted octanol–water partition coefficient (Wildman–Crippen LogP) is 4.22. The summed E-state index contributed by atoms with van der Waals surface area (Å²) in [6, 6.07) is 13.7. The summed E-state index contributed by atoms with van der Waals surface area (Å²) in [5, 5.41) is 14.2.